The first-order chi connectivity index (χ1) is 14.7. The van der Waals surface area contributed by atoms with Crippen LogP contribution >= 0.6 is 0 Å². The predicted octanol–water partition coefficient (Wildman–Crippen LogP) is -2.73. The van der Waals surface area contributed by atoms with Gasteiger partial charge in [0.05, 0.1) is 20.6 Å². The van der Waals surface area contributed by atoms with Crippen molar-refractivity contribution in [1.82, 2.24) is 0 Å². The third-order valence-electron chi connectivity index (χ3n) is 3.88. The molecule has 0 saturated heterocycles. The average molecular weight is 529 g/mol. The van der Waals surface area contributed by atoms with Gasteiger partial charge < -0.3 is 20.1 Å². The maximum atomic E-state index is 11.2. The Balaban J connectivity index is 0. The molecule has 0 bridgehead atoms. The quantitative estimate of drug-likeness (QED) is 0.300. The molecule has 0 unspecified atom stereocenters. The first kappa shape index (κ1) is 34.1. The van der Waals surface area contributed by atoms with Gasteiger partial charge in [0, 0.05) is 6.42 Å². The molecule has 0 aromatic heterocycles. The van der Waals surface area contributed by atoms with Gasteiger partial charge in [0.2, 0.25) is 20.0 Å². The van der Waals surface area contributed by atoms with E-state index in [1.165, 1.54) is 51.5 Å². The standard InChI is InChI=1S/C10H13NO4S.C9H11NO5S.Na.H2O/c1-7(12)5-8-3-4-10(16(11,13)14)9(6-8)15-2;1-15-7-4-6(5-9(11)12)2-3-8(7)16(10,13)14;;/h3-4,6H,5H2,1-2H3,(H2,11,13,14);2-4H,5H2,1H3,(H,11,12)(H2,10,13,14);;1H2/q;;+1;/p-1. The number of carboxylic acids is 1. The zero-order valence-electron chi connectivity index (χ0n) is 19.0. The third kappa shape index (κ3) is 10.9. The summed E-state index contributed by atoms with van der Waals surface area (Å²) in [4.78, 5) is 21.1. The van der Waals surface area contributed by atoms with E-state index < -0.39 is 26.0 Å². The number of rotatable bonds is 8. The van der Waals surface area contributed by atoms with Crippen LogP contribution in [0.2, 0.25) is 0 Å². The Kier molecular flexibility index (Phi) is 14.4. The van der Waals surface area contributed by atoms with E-state index in [9.17, 15) is 26.4 Å². The number of nitrogens with two attached hydrogens (primary N) is 2. The number of hydrogen-bond acceptors (Lipinski definition) is 9. The summed E-state index contributed by atoms with van der Waals surface area (Å²) in [7, 11) is -5.03. The van der Waals surface area contributed by atoms with Crippen LogP contribution in [0, 0.1) is 0 Å². The second-order valence-electron chi connectivity index (χ2n) is 6.51. The topological polar surface area (TPSA) is 223 Å². The van der Waals surface area contributed by atoms with E-state index in [0.717, 1.165) is 0 Å². The number of hydrogen-bond donors (Lipinski definition) is 3. The number of aliphatic carboxylic acids is 1. The van der Waals surface area contributed by atoms with Gasteiger partial charge in [-0.1, -0.05) is 12.1 Å². The summed E-state index contributed by atoms with van der Waals surface area (Å²) in [5.41, 5.74) is 1.13. The largest absolute Gasteiger partial charge is 1.00 e. The fourth-order valence-electron chi connectivity index (χ4n) is 2.58. The number of methoxy groups -OCH3 is 2. The second-order valence-corrected chi connectivity index (χ2v) is 9.57. The minimum absolute atomic E-state index is 0. The van der Waals surface area contributed by atoms with Gasteiger partial charge in [-0.2, -0.15) is 0 Å². The number of sulfonamides is 2. The minimum Gasteiger partial charge on any atom is -0.870 e. The van der Waals surface area contributed by atoms with Crippen LogP contribution in [0.4, 0.5) is 0 Å². The SMILES string of the molecule is COc1cc(CC(=O)O)ccc1S(N)(=O)=O.COc1cc(CC(C)=O)ccc1S(N)(=O)=O.[Na+].[OH-]. The van der Waals surface area contributed by atoms with Gasteiger partial charge in [-0.05, 0) is 42.3 Å². The molecule has 0 amide bonds. The summed E-state index contributed by atoms with van der Waals surface area (Å²) in [6.07, 6.45) is 0.0303. The van der Waals surface area contributed by atoms with Gasteiger partial charge in [-0.25, -0.2) is 27.1 Å². The zero-order valence-corrected chi connectivity index (χ0v) is 22.6. The zero-order chi connectivity index (χ0) is 24.7. The Labute approximate surface area is 219 Å². The molecule has 0 saturated carbocycles. The first-order valence-corrected chi connectivity index (χ1v) is 11.9. The van der Waals surface area contributed by atoms with Gasteiger partial charge >= 0.3 is 35.5 Å². The van der Waals surface area contributed by atoms with Crippen molar-refractivity contribution in [2.75, 3.05) is 14.2 Å². The van der Waals surface area contributed by atoms with Crippen LogP contribution in [-0.4, -0.2) is 53.4 Å². The number of benzene rings is 2. The van der Waals surface area contributed by atoms with Crippen LogP contribution in [0.3, 0.4) is 0 Å². The molecule has 2 aromatic carbocycles. The molecule has 0 spiro atoms. The van der Waals surface area contributed by atoms with Crippen LogP contribution in [0.1, 0.15) is 18.1 Å². The number of carboxylic acid groups (broad SMARTS) is 1. The van der Waals surface area contributed by atoms with E-state index in [0.29, 0.717) is 11.1 Å². The number of Topliss-reactive ketones (excluding diaryl/α,β-unsaturated/α-hetero) is 1. The maximum Gasteiger partial charge on any atom is 1.00 e. The Morgan fingerprint density at radius 1 is 0.824 bits per heavy atom. The van der Waals surface area contributed by atoms with Gasteiger partial charge in [0.1, 0.15) is 27.1 Å². The minimum atomic E-state index is -3.86. The molecule has 0 aliphatic carbocycles. The summed E-state index contributed by atoms with van der Waals surface area (Å²) in [6, 6.07) is 8.34. The molecule has 34 heavy (non-hydrogen) atoms. The molecule has 0 atom stereocenters. The molecule has 6 N–H and O–H groups in total. The summed E-state index contributed by atoms with van der Waals surface area (Å²) in [5, 5.41) is 18.5. The number of ketones is 1. The van der Waals surface area contributed by atoms with Gasteiger partial charge in [0.15, 0.2) is 0 Å². The van der Waals surface area contributed by atoms with Crippen molar-refractivity contribution in [3.8, 4) is 11.5 Å². The summed E-state index contributed by atoms with van der Waals surface area (Å²) >= 11 is 0. The van der Waals surface area contributed by atoms with Crippen molar-refractivity contribution < 1.29 is 76.0 Å². The van der Waals surface area contributed by atoms with E-state index in [1.807, 2.05) is 0 Å². The van der Waals surface area contributed by atoms with E-state index in [-0.39, 0.29) is 74.9 Å². The van der Waals surface area contributed by atoms with Crippen LogP contribution in [0.5, 0.6) is 11.5 Å². The van der Waals surface area contributed by atoms with E-state index in [2.05, 4.69) is 0 Å². The molecule has 12 nitrogen and oxygen atoms in total. The predicted molar refractivity (Wildman–Crippen MR) is 116 cm³/mol. The van der Waals surface area contributed by atoms with Crippen molar-refractivity contribution in [2.45, 2.75) is 29.6 Å². The summed E-state index contributed by atoms with van der Waals surface area (Å²) < 4.78 is 54.4. The van der Waals surface area contributed by atoms with Crippen molar-refractivity contribution >= 4 is 31.8 Å². The third-order valence-corrected chi connectivity index (χ3v) is 5.78. The number of carbonyl (C=O) groups is 2. The molecule has 184 valence electrons. The Hall–Kier alpha value is -2.04. The van der Waals surface area contributed by atoms with E-state index in [1.54, 1.807) is 6.07 Å². The summed E-state index contributed by atoms with van der Waals surface area (Å²) in [6.45, 7) is 1.46. The Morgan fingerprint density at radius 2 is 1.18 bits per heavy atom. The van der Waals surface area contributed by atoms with Gasteiger partial charge in [-0.15, -0.1) is 0 Å². The first-order valence-electron chi connectivity index (χ1n) is 8.79. The van der Waals surface area contributed by atoms with Crippen LogP contribution < -0.4 is 49.3 Å². The fourth-order valence-corrected chi connectivity index (χ4v) is 3.94. The molecular weight excluding hydrogens is 503 g/mol. The van der Waals surface area contributed by atoms with Gasteiger partial charge in [-0.3, -0.25) is 9.59 Å². The molecule has 0 aliphatic heterocycles. The Bertz CT molecular complexity index is 1120. The monoisotopic (exact) mass is 528 g/mol. The molecule has 2 rings (SSSR count). The number of carbonyl (C=O) groups excluding carboxylic acids is 1. The van der Waals surface area contributed by atoms with Crippen LogP contribution in [0.15, 0.2) is 46.2 Å². The average Bonchev–Trinajstić information content (AvgIpc) is 2.65. The molecule has 0 aliphatic rings. The fraction of sp³-hybridized carbons (Fsp3) is 0.263. The molecular formula is C19H25N2NaO10S2. The van der Waals surface area contributed by atoms with E-state index in [4.69, 9.17) is 24.9 Å². The van der Waals surface area contributed by atoms with Crippen molar-refractivity contribution in [3.05, 3.63) is 47.5 Å². The van der Waals surface area contributed by atoms with Crippen molar-refractivity contribution in [2.24, 2.45) is 10.3 Å². The van der Waals surface area contributed by atoms with Crippen molar-refractivity contribution in [1.29, 1.82) is 0 Å². The van der Waals surface area contributed by atoms with Crippen LogP contribution in [-0.2, 0) is 42.5 Å². The second kappa shape index (κ2) is 14.4. The van der Waals surface area contributed by atoms with Crippen LogP contribution in [0.25, 0.3) is 0 Å². The van der Waals surface area contributed by atoms with Gasteiger partial charge in [0.25, 0.3) is 0 Å². The normalized spacial score (nSPS) is 10.5. The molecule has 0 fully saturated rings. The molecule has 0 heterocycles. The number of primary sulfonamides is 2. The number of ether oxygens (including phenoxy) is 2. The Morgan fingerprint density at radius 3 is 1.44 bits per heavy atom. The molecule has 2 aromatic rings. The maximum absolute atomic E-state index is 11.2. The van der Waals surface area contributed by atoms with E-state index >= 15 is 0 Å². The van der Waals surface area contributed by atoms with Crippen molar-refractivity contribution in [3.63, 3.8) is 0 Å². The smallest absolute Gasteiger partial charge is 0.870 e. The molecule has 0 radical (unpaired) electrons. The molecule has 15 heteroatoms. The summed E-state index contributed by atoms with van der Waals surface area (Å²) in [5.74, 6) is -0.821.